The second-order valence-electron chi connectivity index (χ2n) is 6.38. The predicted molar refractivity (Wildman–Crippen MR) is 104 cm³/mol. The molecule has 0 spiro atoms. The number of para-hydroxylation sites is 1. The van der Waals surface area contributed by atoms with Crippen molar-refractivity contribution in [2.45, 2.75) is 6.42 Å². The molecule has 1 fully saturated rings. The Hall–Kier alpha value is -3.33. The van der Waals surface area contributed by atoms with E-state index in [9.17, 15) is 23.1 Å². The van der Waals surface area contributed by atoms with E-state index < -0.39 is 21.6 Å². The lowest BCUT2D eigenvalue weighted by atomic mass is 10.1. The van der Waals surface area contributed by atoms with E-state index in [1.54, 1.807) is 24.3 Å². The number of rotatable bonds is 3. The summed E-state index contributed by atoms with van der Waals surface area (Å²) in [5.74, 6) is -0.969. The molecular weight excluding hydrogens is 384 g/mol. The number of fused-ring (bicyclic) bond motifs is 1. The SMILES string of the molecule is O=C(Nc1cc(N2CCCS2(=O)=O)ccc1O)c1cc2ccccc2oc1=O. The van der Waals surface area contributed by atoms with Crippen molar-refractivity contribution >= 4 is 38.3 Å². The highest BCUT2D eigenvalue weighted by atomic mass is 32.2. The lowest BCUT2D eigenvalue weighted by Gasteiger charge is -2.18. The number of benzene rings is 2. The number of aromatic hydroxyl groups is 1. The number of carbonyl (C=O) groups is 1. The molecule has 0 atom stereocenters. The zero-order valence-electron chi connectivity index (χ0n) is 14.6. The Morgan fingerprint density at radius 1 is 1.14 bits per heavy atom. The molecule has 1 saturated heterocycles. The molecule has 28 heavy (non-hydrogen) atoms. The van der Waals surface area contributed by atoms with Crippen LogP contribution in [0, 0.1) is 0 Å². The summed E-state index contributed by atoms with van der Waals surface area (Å²) in [5, 5.41) is 13.1. The number of anilines is 2. The first kappa shape index (κ1) is 18.1. The molecule has 2 N–H and O–H groups in total. The van der Waals surface area contributed by atoms with E-state index in [0.29, 0.717) is 29.6 Å². The molecule has 2 aromatic carbocycles. The molecule has 2 heterocycles. The Kier molecular flexibility index (Phi) is 4.31. The van der Waals surface area contributed by atoms with Gasteiger partial charge in [0.15, 0.2) is 0 Å². The number of phenolic OH excluding ortho intramolecular Hbond substituents is 1. The van der Waals surface area contributed by atoms with Crippen LogP contribution in [-0.2, 0) is 10.0 Å². The molecular formula is C19H16N2O6S. The third-order valence-electron chi connectivity index (χ3n) is 4.50. The van der Waals surface area contributed by atoms with Gasteiger partial charge in [0.05, 0.1) is 17.1 Å². The highest BCUT2D eigenvalue weighted by molar-refractivity contribution is 7.93. The van der Waals surface area contributed by atoms with Gasteiger partial charge in [0, 0.05) is 11.9 Å². The fraction of sp³-hybridized carbons (Fsp3) is 0.158. The molecule has 144 valence electrons. The Morgan fingerprint density at radius 3 is 2.68 bits per heavy atom. The second-order valence-corrected chi connectivity index (χ2v) is 8.40. The summed E-state index contributed by atoms with van der Waals surface area (Å²) in [6.45, 7) is 0.328. The van der Waals surface area contributed by atoms with Crippen LogP contribution in [0.2, 0.25) is 0 Å². The molecule has 1 amide bonds. The largest absolute Gasteiger partial charge is 0.506 e. The van der Waals surface area contributed by atoms with Gasteiger partial charge < -0.3 is 14.8 Å². The van der Waals surface area contributed by atoms with Crippen molar-refractivity contribution in [3.8, 4) is 5.75 Å². The number of carbonyl (C=O) groups excluding carboxylic acids is 1. The van der Waals surface area contributed by atoms with Crippen molar-refractivity contribution in [1.82, 2.24) is 0 Å². The van der Waals surface area contributed by atoms with Crippen LogP contribution in [-0.4, -0.2) is 31.7 Å². The molecule has 0 unspecified atom stereocenters. The minimum atomic E-state index is -3.41. The lowest BCUT2D eigenvalue weighted by Crippen LogP contribution is -2.25. The molecule has 9 heteroatoms. The van der Waals surface area contributed by atoms with Gasteiger partial charge in [-0.3, -0.25) is 9.10 Å². The quantitative estimate of drug-likeness (QED) is 0.515. The summed E-state index contributed by atoms with van der Waals surface area (Å²) in [6.07, 6.45) is 0.503. The Morgan fingerprint density at radius 2 is 1.93 bits per heavy atom. The van der Waals surface area contributed by atoms with E-state index in [2.05, 4.69) is 5.32 Å². The molecule has 0 radical (unpaired) electrons. The zero-order valence-corrected chi connectivity index (χ0v) is 15.4. The summed E-state index contributed by atoms with van der Waals surface area (Å²) in [4.78, 5) is 24.7. The molecule has 1 aliphatic rings. The molecule has 0 bridgehead atoms. The Balaban J connectivity index is 1.67. The van der Waals surface area contributed by atoms with Gasteiger partial charge in [-0.25, -0.2) is 13.2 Å². The first-order valence-electron chi connectivity index (χ1n) is 8.53. The Labute approximate surface area is 160 Å². The van der Waals surface area contributed by atoms with Gasteiger partial charge in [-0.2, -0.15) is 0 Å². The van der Waals surface area contributed by atoms with Crippen LogP contribution in [0.15, 0.2) is 57.7 Å². The molecule has 0 aliphatic carbocycles. The second kappa shape index (κ2) is 6.68. The molecule has 3 aromatic rings. The smallest absolute Gasteiger partial charge is 0.349 e. The Bertz CT molecular complexity index is 1250. The van der Waals surface area contributed by atoms with Crippen molar-refractivity contribution < 1.29 is 22.7 Å². The first-order chi connectivity index (χ1) is 13.3. The summed E-state index contributed by atoms with van der Waals surface area (Å²) < 4.78 is 30.6. The van der Waals surface area contributed by atoms with Crippen LogP contribution in [0.3, 0.4) is 0 Å². The van der Waals surface area contributed by atoms with Gasteiger partial charge >= 0.3 is 5.63 Å². The fourth-order valence-corrected chi connectivity index (χ4v) is 4.68. The number of nitrogens with one attached hydrogen (secondary N) is 1. The van der Waals surface area contributed by atoms with Crippen LogP contribution >= 0.6 is 0 Å². The van der Waals surface area contributed by atoms with Crippen LogP contribution in [0.5, 0.6) is 5.75 Å². The van der Waals surface area contributed by atoms with E-state index in [4.69, 9.17) is 4.42 Å². The van der Waals surface area contributed by atoms with Gasteiger partial charge in [0.1, 0.15) is 16.9 Å². The van der Waals surface area contributed by atoms with Crippen molar-refractivity contribution in [2.75, 3.05) is 21.9 Å². The van der Waals surface area contributed by atoms with Crippen molar-refractivity contribution in [3.05, 3.63) is 64.5 Å². The highest BCUT2D eigenvalue weighted by Gasteiger charge is 2.29. The van der Waals surface area contributed by atoms with E-state index in [0.717, 1.165) is 0 Å². The summed E-state index contributed by atoms with van der Waals surface area (Å²) in [6, 6.07) is 12.3. The molecule has 4 rings (SSSR count). The lowest BCUT2D eigenvalue weighted by molar-refractivity contribution is 0.102. The van der Waals surface area contributed by atoms with Crippen molar-refractivity contribution in [2.24, 2.45) is 0 Å². The van der Waals surface area contributed by atoms with Gasteiger partial charge in [-0.05, 0) is 36.8 Å². The zero-order chi connectivity index (χ0) is 19.9. The molecule has 1 aliphatic heterocycles. The summed E-state index contributed by atoms with van der Waals surface area (Å²) >= 11 is 0. The van der Waals surface area contributed by atoms with Crippen LogP contribution in [0.4, 0.5) is 11.4 Å². The van der Waals surface area contributed by atoms with Gasteiger partial charge in [-0.1, -0.05) is 18.2 Å². The molecule has 0 saturated carbocycles. The van der Waals surface area contributed by atoms with E-state index in [1.807, 2.05) is 0 Å². The first-order valence-corrected chi connectivity index (χ1v) is 10.1. The van der Waals surface area contributed by atoms with Crippen molar-refractivity contribution in [1.29, 1.82) is 0 Å². The van der Waals surface area contributed by atoms with Crippen LogP contribution < -0.4 is 15.2 Å². The maximum atomic E-state index is 12.6. The average molecular weight is 400 g/mol. The van der Waals surface area contributed by atoms with E-state index in [-0.39, 0.29) is 22.8 Å². The predicted octanol–water partition coefficient (Wildman–Crippen LogP) is 2.29. The standard InChI is InChI=1S/C19H16N2O6S/c22-16-7-6-13(21-8-3-9-28(21,25)26)11-15(16)20-18(23)14-10-12-4-1-2-5-17(12)27-19(14)24/h1-2,4-7,10-11,22H,3,8-9H2,(H,20,23). The number of nitrogens with zero attached hydrogens (tertiary/aromatic N) is 1. The number of phenols is 1. The van der Waals surface area contributed by atoms with Crippen LogP contribution in [0.25, 0.3) is 11.0 Å². The monoisotopic (exact) mass is 400 g/mol. The number of hydrogen-bond donors (Lipinski definition) is 2. The van der Waals surface area contributed by atoms with Gasteiger partial charge in [-0.15, -0.1) is 0 Å². The topological polar surface area (TPSA) is 117 Å². The van der Waals surface area contributed by atoms with Crippen LogP contribution in [0.1, 0.15) is 16.8 Å². The minimum Gasteiger partial charge on any atom is -0.506 e. The van der Waals surface area contributed by atoms with E-state index in [1.165, 1.54) is 28.6 Å². The van der Waals surface area contributed by atoms with Crippen molar-refractivity contribution in [3.63, 3.8) is 0 Å². The third kappa shape index (κ3) is 3.20. The average Bonchev–Trinajstić information content (AvgIpc) is 3.02. The van der Waals surface area contributed by atoms with Gasteiger partial charge in [0.25, 0.3) is 5.91 Å². The summed E-state index contributed by atoms with van der Waals surface area (Å²) in [5.41, 5.74) is -0.354. The maximum absolute atomic E-state index is 12.6. The maximum Gasteiger partial charge on any atom is 0.349 e. The molecule has 8 nitrogen and oxygen atoms in total. The normalized spacial score (nSPS) is 15.6. The fourth-order valence-electron chi connectivity index (χ4n) is 3.12. The number of sulfonamides is 1. The number of amides is 1. The third-order valence-corrected chi connectivity index (χ3v) is 6.37. The van der Waals surface area contributed by atoms with E-state index >= 15 is 0 Å². The minimum absolute atomic E-state index is 0.00263. The van der Waals surface area contributed by atoms with Gasteiger partial charge in [0.2, 0.25) is 10.0 Å². The molecule has 1 aromatic heterocycles. The highest BCUT2D eigenvalue weighted by Crippen LogP contribution is 2.32. The summed E-state index contributed by atoms with van der Waals surface area (Å²) in [7, 11) is -3.41. The number of hydrogen-bond acceptors (Lipinski definition) is 6.